The van der Waals surface area contributed by atoms with Crippen molar-refractivity contribution in [3.63, 3.8) is 0 Å². The van der Waals surface area contributed by atoms with Gasteiger partial charge in [-0.1, -0.05) is 36.4 Å². The van der Waals surface area contributed by atoms with E-state index in [1.807, 2.05) is 30.3 Å². The van der Waals surface area contributed by atoms with Crippen LogP contribution in [0, 0.1) is 0 Å². The molecule has 1 heterocycles. The van der Waals surface area contributed by atoms with Gasteiger partial charge in [-0.15, -0.1) is 11.3 Å². The molecule has 2 rings (SSSR count). The minimum Gasteiger partial charge on any atom is -0.287 e. The summed E-state index contributed by atoms with van der Waals surface area (Å²) in [7, 11) is 0. The number of hydrogen-bond donors (Lipinski definition) is 0. The lowest BCUT2D eigenvalue weighted by Crippen LogP contribution is -1.91. The summed E-state index contributed by atoms with van der Waals surface area (Å²) in [6.45, 7) is 0. The Labute approximate surface area is 91.9 Å². The number of ketones is 1. The summed E-state index contributed by atoms with van der Waals surface area (Å²) in [5.74, 6) is -0.0474. The molecule has 2 nitrogen and oxygen atoms in total. The van der Waals surface area contributed by atoms with E-state index in [2.05, 4.69) is 4.98 Å². The number of benzene rings is 1. The summed E-state index contributed by atoms with van der Waals surface area (Å²) in [6, 6.07) is 9.72. The second-order valence-corrected chi connectivity index (χ2v) is 3.84. The van der Waals surface area contributed by atoms with Gasteiger partial charge in [-0.2, -0.15) is 0 Å². The average molecular weight is 215 g/mol. The fourth-order valence-electron chi connectivity index (χ4n) is 1.15. The van der Waals surface area contributed by atoms with Crippen LogP contribution in [0.5, 0.6) is 0 Å². The van der Waals surface area contributed by atoms with Crippen LogP contribution in [0.3, 0.4) is 0 Å². The second kappa shape index (κ2) is 4.66. The van der Waals surface area contributed by atoms with E-state index in [0.29, 0.717) is 5.01 Å². The van der Waals surface area contributed by atoms with Gasteiger partial charge in [0.05, 0.1) is 0 Å². The van der Waals surface area contributed by atoms with Crippen molar-refractivity contribution in [1.29, 1.82) is 0 Å². The molecule has 0 bridgehead atoms. The lowest BCUT2D eigenvalue weighted by Gasteiger charge is -1.90. The standard InChI is InChI=1S/C12H9NOS/c14-11(12-13-8-9-15-12)7-6-10-4-2-1-3-5-10/h1-9H. The molecule has 0 saturated heterocycles. The lowest BCUT2D eigenvalue weighted by molar-refractivity contribution is 0.104. The predicted octanol–water partition coefficient (Wildman–Crippen LogP) is 3.04. The van der Waals surface area contributed by atoms with Crippen molar-refractivity contribution in [2.75, 3.05) is 0 Å². The topological polar surface area (TPSA) is 30.0 Å². The van der Waals surface area contributed by atoms with Crippen molar-refractivity contribution in [2.45, 2.75) is 0 Å². The van der Waals surface area contributed by atoms with Crippen LogP contribution < -0.4 is 0 Å². The van der Waals surface area contributed by atoms with Crippen LogP contribution in [-0.4, -0.2) is 10.8 Å². The molecule has 2 aromatic rings. The minimum atomic E-state index is -0.0474. The van der Waals surface area contributed by atoms with Crippen LogP contribution in [0.25, 0.3) is 6.08 Å². The van der Waals surface area contributed by atoms with Gasteiger partial charge in [0, 0.05) is 11.6 Å². The summed E-state index contributed by atoms with van der Waals surface area (Å²) < 4.78 is 0. The number of aromatic nitrogens is 1. The van der Waals surface area contributed by atoms with Gasteiger partial charge in [-0.3, -0.25) is 4.79 Å². The van der Waals surface area contributed by atoms with E-state index >= 15 is 0 Å². The highest BCUT2D eigenvalue weighted by atomic mass is 32.1. The van der Waals surface area contributed by atoms with Gasteiger partial charge in [0.2, 0.25) is 5.78 Å². The summed E-state index contributed by atoms with van der Waals surface area (Å²) in [5, 5.41) is 2.33. The Morgan fingerprint density at radius 2 is 2.07 bits per heavy atom. The molecule has 0 spiro atoms. The third kappa shape index (κ3) is 2.60. The van der Waals surface area contributed by atoms with Gasteiger partial charge >= 0.3 is 0 Å². The zero-order valence-corrected chi connectivity index (χ0v) is 8.78. The molecule has 0 fully saturated rings. The Morgan fingerprint density at radius 1 is 1.27 bits per heavy atom. The van der Waals surface area contributed by atoms with E-state index in [4.69, 9.17) is 0 Å². The van der Waals surface area contributed by atoms with Crippen molar-refractivity contribution in [3.05, 3.63) is 58.6 Å². The summed E-state index contributed by atoms with van der Waals surface area (Å²) in [5.41, 5.74) is 1.02. The smallest absolute Gasteiger partial charge is 0.214 e. The predicted molar refractivity (Wildman–Crippen MR) is 61.9 cm³/mol. The van der Waals surface area contributed by atoms with Crippen LogP contribution in [0.1, 0.15) is 15.4 Å². The Bertz CT molecular complexity index is 460. The summed E-state index contributed by atoms with van der Waals surface area (Å²) >= 11 is 1.35. The van der Waals surface area contributed by atoms with Gasteiger partial charge in [0.1, 0.15) is 0 Å². The molecule has 74 valence electrons. The zero-order valence-electron chi connectivity index (χ0n) is 7.96. The first-order valence-electron chi connectivity index (χ1n) is 4.53. The summed E-state index contributed by atoms with van der Waals surface area (Å²) in [6.07, 6.45) is 4.98. The number of thiazole rings is 1. The molecule has 0 radical (unpaired) electrons. The molecule has 15 heavy (non-hydrogen) atoms. The quantitative estimate of drug-likeness (QED) is 0.582. The van der Waals surface area contributed by atoms with Crippen LogP contribution in [-0.2, 0) is 0 Å². The normalized spacial score (nSPS) is 10.7. The molecule has 0 aliphatic heterocycles. The van der Waals surface area contributed by atoms with Crippen molar-refractivity contribution in [3.8, 4) is 0 Å². The zero-order chi connectivity index (χ0) is 10.5. The third-order valence-corrected chi connectivity index (χ3v) is 2.66. The van der Waals surface area contributed by atoms with E-state index in [0.717, 1.165) is 5.56 Å². The lowest BCUT2D eigenvalue weighted by atomic mass is 10.2. The van der Waals surface area contributed by atoms with Crippen LogP contribution in [0.4, 0.5) is 0 Å². The number of carbonyl (C=O) groups excluding carboxylic acids is 1. The number of carbonyl (C=O) groups is 1. The molecule has 1 aromatic carbocycles. The first-order valence-corrected chi connectivity index (χ1v) is 5.41. The van der Waals surface area contributed by atoms with E-state index in [1.165, 1.54) is 11.3 Å². The maximum Gasteiger partial charge on any atom is 0.214 e. The van der Waals surface area contributed by atoms with Crippen molar-refractivity contribution < 1.29 is 4.79 Å². The molecular formula is C12H9NOS. The molecule has 0 N–H and O–H groups in total. The maximum absolute atomic E-state index is 11.5. The Hall–Kier alpha value is -1.74. The molecule has 0 saturated carbocycles. The molecule has 3 heteroatoms. The molecule has 1 aromatic heterocycles. The third-order valence-electron chi connectivity index (χ3n) is 1.87. The largest absolute Gasteiger partial charge is 0.287 e. The molecule has 0 unspecified atom stereocenters. The van der Waals surface area contributed by atoms with E-state index < -0.39 is 0 Å². The number of nitrogens with zero attached hydrogens (tertiary/aromatic N) is 1. The number of rotatable bonds is 3. The molecular weight excluding hydrogens is 206 g/mol. The minimum absolute atomic E-state index is 0.0474. The second-order valence-electron chi connectivity index (χ2n) is 2.95. The fraction of sp³-hybridized carbons (Fsp3) is 0. The van der Waals surface area contributed by atoms with Crippen molar-refractivity contribution in [2.24, 2.45) is 0 Å². The van der Waals surface area contributed by atoms with E-state index in [1.54, 1.807) is 23.7 Å². The highest BCUT2D eigenvalue weighted by Gasteiger charge is 2.02. The molecule has 0 aliphatic carbocycles. The van der Waals surface area contributed by atoms with Gasteiger partial charge < -0.3 is 0 Å². The number of hydrogen-bond acceptors (Lipinski definition) is 3. The summed E-state index contributed by atoms with van der Waals surface area (Å²) in [4.78, 5) is 15.5. The van der Waals surface area contributed by atoms with Crippen molar-refractivity contribution >= 4 is 23.2 Å². The SMILES string of the molecule is O=C(C=Cc1ccccc1)c1nccs1. The van der Waals surface area contributed by atoms with Crippen molar-refractivity contribution in [1.82, 2.24) is 4.98 Å². The highest BCUT2D eigenvalue weighted by molar-refractivity contribution is 7.11. The maximum atomic E-state index is 11.5. The monoisotopic (exact) mass is 215 g/mol. The first kappa shape index (κ1) is 9.80. The fourth-order valence-corrected chi connectivity index (χ4v) is 1.71. The Kier molecular flexibility index (Phi) is 3.05. The van der Waals surface area contributed by atoms with Gasteiger partial charge in [-0.25, -0.2) is 4.98 Å². The van der Waals surface area contributed by atoms with Crippen LogP contribution >= 0.6 is 11.3 Å². The van der Waals surface area contributed by atoms with E-state index in [9.17, 15) is 4.79 Å². The molecule has 0 amide bonds. The Morgan fingerprint density at radius 3 is 2.73 bits per heavy atom. The average Bonchev–Trinajstić information content (AvgIpc) is 2.81. The van der Waals surface area contributed by atoms with Gasteiger partial charge in [0.15, 0.2) is 5.01 Å². The highest BCUT2D eigenvalue weighted by Crippen LogP contribution is 2.07. The molecule has 0 atom stereocenters. The number of allylic oxidation sites excluding steroid dienone is 1. The van der Waals surface area contributed by atoms with Gasteiger partial charge in [0.25, 0.3) is 0 Å². The van der Waals surface area contributed by atoms with Gasteiger partial charge in [-0.05, 0) is 11.6 Å². The van der Waals surface area contributed by atoms with Crippen LogP contribution in [0.15, 0.2) is 48.0 Å². The first-order chi connectivity index (χ1) is 7.36. The van der Waals surface area contributed by atoms with Crippen LogP contribution in [0.2, 0.25) is 0 Å². The van der Waals surface area contributed by atoms with E-state index in [-0.39, 0.29) is 5.78 Å². The molecule has 0 aliphatic rings. The Balaban J connectivity index is 2.10.